The third kappa shape index (κ3) is 3.03. The van der Waals surface area contributed by atoms with Gasteiger partial charge in [-0.05, 0) is 44.0 Å². The Bertz CT molecular complexity index is 669. The van der Waals surface area contributed by atoms with Crippen LogP contribution in [0, 0.1) is 30.9 Å². The fraction of sp³-hybridized carbons (Fsp3) is 0.231. The molecule has 0 amide bonds. The molecule has 0 aliphatic carbocycles. The average molecular weight is 294 g/mol. The summed E-state index contributed by atoms with van der Waals surface area (Å²) in [7, 11) is 0. The standard InChI is InChI=1S/C13H12ClN3O3/c1-7-4-8(2)11(6-10(7)17(18)19)20-12-5-9(3)15-13(14)16-12/h4-6H,1-3H3. The molecule has 20 heavy (non-hydrogen) atoms. The summed E-state index contributed by atoms with van der Waals surface area (Å²) in [4.78, 5) is 18.4. The van der Waals surface area contributed by atoms with Gasteiger partial charge in [0.15, 0.2) is 0 Å². The van der Waals surface area contributed by atoms with Crippen LogP contribution in [-0.4, -0.2) is 14.9 Å². The van der Waals surface area contributed by atoms with Gasteiger partial charge in [-0.3, -0.25) is 10.1 Å². The summed E-state index contributed by atoms with van der Waals surface area (Å²) in [5.41, 5.74) is 2.01. The molecule has 0 spiro atoms. The van der Waals surface area contributed by atoms with Crippen LogP contribution in [0.2, 0.25) is 5.28 Å². The number of hydrogen-bond acceptors (Lipinski definition) is 5. The lowest BCUT2D eigenvalue weighted by molar-refractivity contribution is -0.385. The summed E-state index contributed by atoms with van der Waals surface area (Å²) in [6, 6.07) is 4.69. The zero-order valence-electron chi connectivity index (χ0n) is 11.2. The zero-order valence-corrected chi connectivity index (χ0v) is 11.9. The molecule has 0 bridgehead atoms. The molecule has 0 aliphatic heterocycles. The van der Waals surface area contributed by atoms with Crippen molar-refractivity contribution in [2.24, 2.45) is 0 Å². The molecule has 0 unspecified atom stereocenters. The maximum Gasteiger partial charge on any atom is 0.276 e. The van der Waals surface area contributed by atoms with Crippen molar-refractivity contribution in [1.82, 2.24) is 9.97 Å². The first-order chi connectivity index (χ1) is 9.36. The molecule has 0 radical (unpaired) electrons. The number of aryl methyl sites for hydroxylation is 3. The van der Waals surface area contributed by atoms with E-state index in [1.807, 2.05) is 6.92 Å². The van der Waals surface area contributed by atoms with E-state index in [2.05, 4.69) is 9.97 Å². The molecule has 1 aromatic carbocycles. The third-order valence-corrected chi connectivity index (χ3v) is 2.88. The number of nitro benzene ring substituents is 1. The van der Waals surface area contributed by atoms with E-state index in [0.29, 0.717) is 17.0 Å². The summed E-state index contributed by atoms with van der Waals surface area (Å²) in [5.74, 6) is 0.625. The maximum absolute atomic E-state index is 10.9. The number of halogens is 1. The van der Waals surface area contributed by atoms with Crippen molar-refractivity contribution in [3.05, 3.63) is 50.4 Å². The number of aromatic nitrogens is 2. The number of hydrogen-bond donors (Lipinski definition) is 0. The molecule has 0 saturated carbocycles. The molecule has 2 aromatic rings. The van der Waals surface area contributed by atoms with Gasteiger partial charge in [-0.25, -0.2) is 4.98 Å². The van der Waals surface area contributed by atoms with Gasteiger partial charge in [0.05, 0.1) is 11.0 Å². The van der Waals surface area contributed by atoms with E-state index in [9.17, 15) is 10.1 Å². The fourth-order valence-electron chi connectivity index (χ4n) is 1.80. The van der Waals surface area contributed by atoms with Crippen LogP contribution in [0.25, 0.3) is 0 Å². The van der Waals surface area contributed by atoms with Crippen molar-refractivity contribution in [2.75, 3.05) is 0 Å². The number of rotatable bonds is 3. The van der Waals surface area contributed by atoms with Crippen LogP contribution in [0.5, 0.6) is 11.6 Å². The Balaban J connectivity index is 2.42. The quantitative estimate of drug-likeness (QED) is 0.489. The van der Waals surface area contributed by atoms with Gasteiger partial charge in [0, 0.05) is 17.3 Å². The summed E-state index contributed by atoms with van der Waals surface area (Å²) in [6.07, 6.45) is 0. The Labute approximate surface area is 120 Å². The van der Waals surface area contributed by atoms with Gasteiger partial charge in [-0.15, -0.1) is 0 Å². The molecule has 0 fully saturated rings. The molecular formula is C13H12ClN3O3. The second-order valence-electron chi connectivity index (χ2n) is 4.38. The van der Waals surface area contributed by atoms with Crippen LogP contribution in [0.1, 0.15) is 16.8 Å². The fourth-order valence-corrected chi connectivity index (χ4v) is 2.01. The SMILES string of the molecule is Cc1cc(Oc2cc([N+](=O)[O-])c(C)cc2C)nc(Cl)n1. The Hall–Kier alpha value is -2.21. The highest BCUT2D eigenvalue weighted by Gasteiger charge is 2.15. The summed E-state index contributed by atoms with van der Waals surface area (Å²) in [5, 5.41) is 11.0. The van der Waals surface area contributed by atoms with Gasteiger partial charge in [0.25, 0.3) is 5.69 Å². The highest BCUT2D eigenvalue weighted by atomic mass is 35.5. The van der Waals surface area contributed by atoms with E-state index in [1.54, 1.807) is 26.0 Å². The molecule has 7 heteroatoms. The monoisotopic (exact) mass is 293 g/mol. The summed E-state index contributed by atoms with van der Waals surface area (Å²) >= 11 is 5.75. The van der Waals surface area contributed by atoms with E-state index >= 15 is 0 Å². The second kappa shape index (κ2) is 5.42. The molecule has 0 N–H and O–H groups in total. The molecule has 1 heterocycles. The van der Waals surface area contributed by atoms with Crippen LogP contribution < -0.4 is 4.74 Å². The molecule has 1 aromatic heterocycles. The smallest absolute Gasteiger partial charge is 0.276 e. The third-order valence-electron chi connectivity index (χ3n) is 2.71. The topological polar surface area (TPSA) is 78.2 Å². The Morgan fingerprint density at radius 3 is 2.45 bits per heavy atom. The van der Waals surface area contributed by atoms with E-state index in [1.165, 1.54) is 6.07 Å². The minimum atomic E-state index is -0.445. The summed E-state index contributed by atoms with van der Waals surface area (Å²) < 4.78 is 5.58. The van der Waals surface area contributed by atoms with Crippen molar-refractivity contribution in [2.45, 2.75) is 20.8 Å². The van der Waals surface area contributed by atoms with Gasteiger partial charge < -0.3 is 4.74 Å². The van der Waals surface area contributed by atoms with Crippen LogP contribution >= 0.6 is 11.6 Å². The van der Waals surface area contributed by atoms with Crippen molar-refractivity contribution < 1.29 is 9.66 Å². The first kappa shape index (κ1) is 14.2. The van der Waals surface area contributed by atoms with Gasteiger partial charge in [-0.2, -0.15) is 4.98 Å². The number of nitrogens with zero attached hydrogens (tertiary/aromatic N) is 3. The second-order valence-corrected chi connectivity index (χ2v) is 4.72. The van der Waals surface area contributed by atoms with E-state index in [-0.39, 0.29) is 16.9 Å². The lowest BCUT2D eigenvalue weighted by Gasteiger charge is -2.09. The lowest BCUT2D eigenvalue weighted by Crippen LogP contribution is -1.97. The minimum Gasteiger partial charge on any atom is -0.438 e. The first-order valence-electron chi connectivity index (χ1n) is 5.81. The van der Waals surface area contributed by atoms with Crippen molar-refractivity contribution in [3.63, 3.8) is 0 Å². The number of ether oxygens (including phenoxy) is 1. The molecule has 2 rings (SSSR count). The summed E-state index contributed by atoms with van der Waals surface area (Å²) in [6.45, 7) is 5.24. The Morgan fingerprint density at radius 2 is 1.85 bits per heavy atom. The molecule has 6 nitrogen and oxygen atoms in total. The normalized spacial score (nSPS) is 10.4. The predicted octanol–water partition coefficient (Wildman–Crippen LogP) is 3.76. The number of benzene rings is 1. The first-order valence-corrected chi connectivity index (χ1v) is 6.19. The van der Waals surface area contributed by atoms with Gasteiger partial charge in [0.1, 0.15) is 5.75 Å². The molecule has 0 atom stereocenters. The van der Waals surface area contributed by atoms with Crippen LogP contribution in [0.15, 0.2) is 18.2 Å². The minimum absolute atomic E-state index is 0.00229. The van der Waals surface area contributed by atoms with E-state index < -0.39 is 4.92 Å². The Kier molecular flexibility index (Phi) is 3.85. The lowest BCUT2D eigenvalue weighted by atomic mass is 10.1. The van der Waals surface area contributed by atoms with Gasteiger partial charge in [0.2, 0.25) is 11.2 Å². The average Bonchev–Trinajstić information content (AvgIpc) is 2.30. The van der Waals surface area contributed by atoms with Gasteiger partial charge in [-0.1, -0.05) is 0 Å². The number of nitro groups is 1. The maximum atomic E-state index is 10.9. The van der Waals surface area contributed by atoms with E-state index in [0.717, 1.165) is 5.56 Å². The van der Waals surface area contributed by atoms with Crippen LogP contribution in [0.3, 0.4) is 0 Å². The van der Waals surface area contributed by atoms with Crippen LogP contribution in [-0.2, 0) is 0 Å². The van der Waals surface area contributed by atoms with Crippen molar-refractivity contribution in [3.8, 4) is 11.6 Å². The largest absolute Gasteiger partial charge is 0.438 e. The van der Waals surface area contributed by atoms with Crippen molar-refractivity contribution in [1.29, 1.82) is 0 Å². The Morgan fingerprint density at radius 1 is 1.15 bits per heavy atom. The molecule has 104 valence electrons. The molecule has 0 saturated heterocycles. The van der Waals surface area contributed by atoms with Crippen LogP contribution in [0.4, 0.5) is 5.69 Å². The van der Waals surface area contributed by atoms with Gasteiger partial charge >= 0.3 is 0 Å². The zero-order chi connectivity index (χ0) is 14.9. The highest BCUT2D eigenvalue weighted by Crippen LogP contribution is 2.31. The molecular weight excluding hydrogens is 282 g/mol. The highest BCUT2D eigenvalue weighted by molar-refractivity contribution is 6.28. The molecule has 0 aliphatic rings. The van der Waals surface area contributed by atoms with E-state index in [4.69, 9.17) is 16.3 Å². The predicted molar refractivity (Wildman–Crippen MR) is 74.4 cm³/mol. The van der Waals surface area contributed by atoms with Crippen molar-refractivity contribution >= 4 is 17.3 Å².